The quantitative estimate of drug-likeness (QED) is 0.342. The SMILES string of the molecule is CNC(=O)[C@@H]1CCCN1c1ccc(C(=NC(=O)[C@H](C)N)NC(=O)CS(C)(=O)=O)cc1C1CCCCC1.Cl. The van der Waals surface area contributed by atoms with E-state index in [4.69, 9.17) is 5.73 Å². The summed E-state index contributed by atoms with van der Waals surface area (Å²) in [6, 6.07) is 4.43. The average Bonchev–Trinajstić information content (AvgIpc) is 3.32. The fourth-order valence-electron chi connectivity index (χ4n) is 4.98. The number of amidine groups is 1. The Hall–Kier alpha value is -2.50. The highest BCUT2D eigenvalue weighted by molar-refractivity contribution is 7.91. The Morgan fingerprint density at radius 1 is 1.14 bits per heavy atom. The van der Waals surface area contributed by atoms with Crippen LogP contribution in [-0.4, -0.2) is 69.7 Å². The molecule has 1 aliphatic carbocycles. The summed E-state index contributed by atoms with van der Waals surface area (Å²) >= 11 is 0. The molecule has 37 heavy (non-hydrogen) atoms. The second-order valence-electron chi connectivity index (χ2n) is 9.78. The number of nitrogens with one attached hydrogen (secondary N) is 2. The largest absolute Gasteiger partial charge is 0.359 e. The van der Waals surface area contributed by atoms with Crippen LogP contribution in [0.4, 0.5) is 5.69 Å². The fraction of sp³-hybridized carbons (Fsp3) is 0.600. The van der Waals surface area contributed by atoms with Crippen LogP contribution in [0, 0.1) is 0 Å². The molecule has 2 aliphatic rings. The number of benzene rings is 1. The number of carbonyl (C=O) groups is 3. The first kappa shape index (κ1) is 30.7. The summed E-state index contributed by atoms with van der Waals surface area (Å²) < 4.78 is 23.3. The lowest BCUT2D eigenvalue weighted by Crippen LogP contribution is -2.42. The molecule has 2 fully saturated rings. The van der Waals surface area contributed by atoms with Gasteiger partial charge in [0.2, 0.25) is 11.8 Å². The highest BCUT2D eigenvalue weighted by atomic mass is 35.5. The molecule has 1 saturated heterocycles. The zero-order chi connectivity index (χ0) is 26.5. The lowest BCUT2D eigenvalue weighted by atomic mass is 9.82. The van der Waals surface area contributed by atoms with Crippen molar-refractivity contribution >= 4 is 51.5 Å². The minimum Gasteiger partial charge on any atom is -0.359 e. The van der Waals surface area contributed by atoms with Gasteiger partial charge in [-0.1, -0.05) is 19.3 Å². The van der Waals surface area contributed by atoms with E-state index in [2.05, 4.69) is 20.5 Å². The molecule has 0 spiro atoms. The van der Waals surface area contributed by atoms with E-state index in [9.17, 15) is 22.8 Å². The van der Waals surface area contributed by atoms with Crippen LogP contribution < -0.4 is 21.3 Å². The average molecular weight is 556 g/mol. The van der Waals surface area contributed by atoms with E-state index >= 15 is 0 Å². The van der Waals surface area contributed by atoms with Crippen molar-refractivity contribution < 1.29 is 22.8 Å². The molecule has 1 aliphatic heterocycles. The van der Waals surface area contributed by atoms with Gasteiger partial charge in [-0.2, -0.15) is 4.99 Å². The van der Waals surface area contributed by atoms with E-state index in [1.165, 1.54) is 13.3 Å². The van der Waals surface area contributed by atoms with Crippen LogP contribution in [-0.2, 0) is 24.2 Å². The molecule has 0 aromatic heterocycles. The van der Waals surface area contributed by atoms with E-state index in [-0.39, 0.29) is 36.1 Å². The van der Waals surface area contributed by atoms with Crippen LogP contribution in [0.2, 0.25) is 0 Å². The van der Waals surface area contributed by atoms with Gasteiger partial charge in [0.05, 0.1) is 6.04 Å². The number of nitrogens with zero attached hydrogens (tertiary/aromatic N) is 2. The maximum atomic E-state index is 12.6. The topological polar surface area (TPSA) is 151 Å². The van der Waals surface area contributed by atoms with E-state index in [1.807, 2.05) is 12.1 Å². The molecule has 1 heterocycles. The van der Waals surface area contributed by atoms with Gasteiger partial charge in [0.25, 0.3) is 5.91 Å². The summed E-state index contributed by atoms with van der Waals surface area (Å²) in [6.07, 6.45) is 8.01. The molecular weight excluding hydrogens is 518 g/mol. The summed E-state index contributed by atoms with van der Waals surface area (Å²) in [5, 5.41) is 5.27. The highest BCUT2D eigenvalue weighted by Crippen LogP contribution is 2.40. The second kappa shape index (κ2) is 13.3. The molecule has 0 radical (unpaired) electrons. The number of hydrogen-bond acceptors (Lipinski definition) is 7. The number of aliphatic imine (C=N–C) groups is 1. The molecule has 0 bridgehead atoms. The van der Waals surface area contributed by atoms with E-state index in [0.29, 0.717) is 5.56 Å². The molecule has 1 aromatic rings. The fourth-order valence-corrected chi connectivity index (χ4v) is 5.53. The second-order valence-corrected chi connectivity index (χ2v) is 11.9. The van der Waals surface area contributed by atoms with Gasteiger partial charge in [0, 0.05) is 31.1 Å². The first-order chi connectivity index (χ1) is 17.0. The molecule has 4 N–H and O–H groups in total. The lowest BCUT2D eigenvalue weighted by Gasteiger charge is -2.32. The van der Waals surface area contributed by atoms with Crippen LogP contribution >= 0.6 is 12.4 Å². The monoisotopic (exact) mass is 555 g/mol. The highest BCUT2D eigenvalue weighted by Gasteiger charge is 2.33. The number of halogens is 1. The van der Waals surface area contributed by atoms with Gasteiger partial charge in [0.1, 0.15) is 17.6 Å². The molecule has 206 valence electrons. The molecule has 1 saturated carbocycles. The van der Waals surface area contributed by atoms with Crippen molar-refractivity contribution in [3.05, 3.63) is 29.3 Å². The molecule has 1 aromatic carbocycles. The van der Waals surface area contributed by atoms with Crippen LogP contribution in [0.3, 0.4) is 0 Å². The standard InChI is InChI=1S/C25H37N5O5S.ClH/c1-16(26)24(32)29-23(28-22(31)15-36(3,34)35)18-11-12-20(19(14-18)17-8-5-4-6-9-17)30-13-7-10-21(30)25(33)27-2;/h11-12,14,16-17,21H,4-10,13,15,26H2,1-3H3,(H,27,33)(H,28,29,31,32);1H/t16-,21-;/m0./s1. The van der Waals surface area contributed by atoms with Gasteiger partial charge in [-0.25, -0.2) is 8.42 Å². The Balaban J connectivity index is 0.00000481. The van der Waals surface area contributed by atoms with Crippen molar-refractivity contribution in [3.8, 4) is 0 Å². The number of amides is 3. The molecule has 2 atom stereocenters. The van der Waals surface area contributed by atoms with Gasteiger partial charge in [-0.3, -0.25) is 14.4 Å². The zero-order valence-corrected chi connectivity index (χ0v) is 23.3. The Morgan fingerprint density at radius 2 is 1.81 bits per heavy atom. The minimum atomic E-state index is -3.58. The van der Waals surface area contributed by atoms with E-state index in [0.717, 1.165) is 62.6 Å². The number of sulfone groups is 1. The summed E-state index contributed by atoms with van der Waals surface area (Å²) in [4.78, 5) is 43.5. The first-order valence-electron chi connectivity index (χ1n) is 12.5. The number of hydrogen-bond donors (Lipinski definition) is 3. The van der Waals surface area contributed by atoms with Crippen LogP contribution in [0.15, 0.2) is 23.2 Å². The molecule has 10 nitrogen and oxygen atoms in total. The normalized spacial score (nSPS) is 19.6. The number of nitrogens with two attached hydrogens (primary N) is 1. The minimum absolute atomic E-state index is 0. The maximum Gasteiger partial charge on any atom is 0.264 e. The molecule has 12 heteroatoms. The van der Waals surface area contributed by atoms with Gasteiger partial charge in [-0.05, 0) is 62.3 Å². The summed E-state index contributed by atoms with van der Waals surface area (Å²) in [7, 11) is -1.94. The summed E-state index contributed by atoms with van der Waals surface area (Å²) in [6.45, 7) is 2.25. The predicted molar refractivity (Wildman–Crippen MR) is 147 cm³/mol. The Labute approximate surface area is 225 Å². The van der Waals surface area contributed by atoms with Gasteiger partial charge in [0.15, 0.2) is 9.84 Å². The number of likely N-dealkylation sites (N-methyl/N-ethyl adjacent to an activating group) is 1. The van der Waals surface area contributed by atoms with Crippen molar-refractivity contribution in [1.29, 1.82) is 0 Å². The Morgan fingerprint density at radius 3 is 2.41 bits per heavy atom. The van der Waals surface area contributed by atoms with E-state index < -0.39 is 33.4 Å². The molecule has 0 unspecified atom stereocenters. The molecule has 3 amide bonds. The maximum absolute atomic E-state index is 12.6. The van der Waals surface area contributed by atoms with Crippen molar-refractivity contribution in [3.63, 3.8) is 0 Å². The van der Waals surface area contributed by atoms with Gasteiger partial charge >= 0.3 is 0 Å². The van der Waals surface area contributed by atoms with Crippen molar-refractivity contribution in [2.45, 2.75) is 69.9 Å². The van der Waals surface area contributed by atoms with Crippen LogP contribution in [0.5, 0.6) is 0 Å². The summed E-state index contributed by atoms with van der Waals surface area (Å²) in [5.74, 6) is -1.93. The molecule has 3 rings (SSSR count). The number of carbonyl (C=O) groups excluding carboxylic acids is 3. The van der Waals surface area contributed by atoms with Crippen molar-refractivity contribution in [2.24, 2.45) is 10.7 Å². The third kappa shape index (κ3) is 8.24. The smallest absolute Gasteiger partial charge is 0.264 e. The van der Waals surface area contributed by atoms with Crippen molar-refractivity contribution in [2.75, 3.05) is 30.5 Å². The Bertz CT molecular complexity index is 1130. The Kier molecular flexibility index (Phi) is 11.1. The van der Waals surface area contributed by atoms with Crippen LogP contribution in [0.25, 0.3) is 0 Å². The first-order valence-corrected chi connectivity index (χ1v) is 14.5. The summed E-state index contributed by atoms with van der Waals surface area (Å²) in [5.41, 5.74) is 8.20. The number of rotatable bonds is 7. The third-order valence-electron chi connectivity index (χ3n) is 6.72. The predicted octanol–water partition coefficient (Wildman–Crippen LogP) is 1.65. The van der Waals surface area contributed by atoms with Crippen LogP contribution in [0.1, 0.15) is 68.9 Å². The third-order valence-corrected chi connectivity index (χ3v) is 7.51. The molecular formula is C25H38ClN5O5S. The lowest BCUT2D eigenvalue weighted by molar-refractivity contribution is -0.122. The van der Waals surface area contributed by atoms with Gasteiger partial charge in [-0.15, -0.1) is 12.4 Å². The van der Waals surface area contributed by atoms with Crippen molar-refractivity contribution in [1.82, 2.24) is 10.6 Å². The van der Waals surface area contributed by atoms with E-state index in [1.54, 1.807) is 13.1 Å². The number of anilines is 1. The van der Waals surface area contributed by atoms with Gasteiger partial charge < -0.3 is 21.3 Å². The zero-order valence-electron chi connectivity index (χ0n) is 21.7.